The summed E-state index contributed by atoms with van der Waals surface area (Å²) in [7, 11) is 0. The maximum absolute atomic E-state index is 12.2. The first-order chi connectivity index (χ1) is 7.95. The molecule has 1 fully saturated rings. The van der Waals surface area contributed by atoms with Gasteiger partial charge in [-0.25, -0.2) is 0 Å². The molecule has 1 aliphatic carbocycles. The molecular formula is C10H13F3N2O2. The number of nitrogens with zero attached hydrogens (tertiary/aromatic N) is 1. The van der Waals surface area contributed by atoms with Crippen molar-refractivity contribution >= 4 is 0 Å². The fourth-order valence-corrected chi connectivity index (χ4v) is 1.18. The number of ether oxygens (including phenoxy) is 1. The molecule has 0 radical (unpaired) electrons. The van der Waals surface area contributed by atoms with Crippen molar-refractivity contribution in [1.82, 2.24) is 10.3 Å². The van der Waals surface area contributed by atoms with E-state index in [0.29, 0.717) is 18.3 Å². The molecule has 1 aromatic rings. The fourth-order valence-electron chi connectivity index (χ4n) is 1.18. The van der Waals surface area contributed by atoms with E-state index < -0.39 is 12.3 Å². The van der Waals surface area contributed by atoms with Crippen LogP contribution in [-0.2, 0) is 6.54 Å². The summed E-state index contributed by atoms with van der Waals surface area (Å²) in [6.45, 7) is 1.39. The lowest BCUT2D eigenvalue weighted by Gasteiger charge is -2.14. The Hall–Kier alpha value is -1.24. The van der Waals surface area contributed by atoms with Crippen LogP contribution in [0.4, 0.5) is 13.2 Å². The number of nitrogens with one attached hydrogen (secondary N) is 1. The van der Waals surface area contributed by atoms with Crippen LogP contribution in [-0.4, -0.2) is 23.3 Å². The molecule has 7 heteroatoms. The maximum atomic E-state index is 12.2. The van der Waals surface area contributed by atoms with Crippen molar-refractivity contribution in [2.24, 2.45) is 0 Å². The van der Waals surface area contributed by atoms with Crippen molar-refractivity contribution < 1.29 is 22.3 Å². The van der Waals surface area contributed by atoms with Gasteiger partial charge in [0, 0.05) is 12.6 Å². The summed E-state index contributed by atoms with van der Waals surface area (Å²) in [5.74, 6) is 0. The number of hydrogen-bond acceptors (Lipinski definition) is 4. The van der Waals surface area contributed by atoms with Gasteiger partial charge in [-0.3, -0.25) is 0 Å². The Morgan fingerprint density at radius 3 is 2.88 bits per heavy atom. The highest BCUT2D eigenvalue weighted by molar-refractivity contribution is 5.01. The zero-order valence-electron chi connectivity index (χ0n) is 9.25. The molecule has 0 aromatic carbocycles. The first-order valence-electron chi connectivity index (χ1n) is 5.36. The third-order valence-electron chi connectivity index (χ3n) is 2.42. The van der Waals surface area contributed by atoms with Crippen molar-refractivity contribution in [2.75, 3.05) is 0 Å². The van der Waals surface area contributed by atoms with E-state index in [-0.39, 0.29) is 6.08 Å². The minimum atomic E-state index is -4.42. The molecule has 1 aromatic heterocycles. The summed E-state index contributed by atoms with van der Waals surface area (Å²) in [6.07, 6.45) is -3.12. The van der Waals surface area contributed by atoms with Crippen LogP contribution in [0.15, 0.2) is 10.7 Å². The van der Waals surface area contributed by atoms with Crippen molar-refractivity contribution in [3.8, 4) is 6.08 Å². The van der Waals surface area contributed by atoms with Crippen LogP contribution in [0.3, 0.4) is 0 Å². The van der Waals surface area contributed by atoms with E-state index in [1.54, 1.807) is 0 Å². The SMILES string of the molecule is CC(Oc1nc(CNC2CC2)co1)C(F)(F)F. The van der Waals surface area contributed by atoms with Gasteiger partial charge in [0.25, 0.3) is 0 Å². The number of alkyl halides is 3. The van der Waals surface area contributed by atoms with Crippen LogP contribution < -0.4 is 10.1 Å². The smallest absolute Gasteiger partial charge is 0.425 e. The normalized spacial score (nSPS) is 18.1. The van der Waals surface area contributed by atoms with Crippen molar-refractivity contribution in [3.05, 3.63) is 12.0 Å². The molecular weight excluding hydrogens is 237 g/mol. The predicted octanol–water partition coefficient (Wildman–Crippen LogP) is 2.26. The average molecular weight is 250 g/mol. The Kier molecular flexibility index (Phi) is 3.28. The van der Waals surface area contributed by atoms with E-state index in [1.807, 2.05) is 0 Å². The van der Waals surface area contributed by atoms with E-state index in [1.165, 1.54) is 6.26 Å². The van der Waals surface area contributed by atoms with E-state index in [4.69, 9.17) is 4.42 Å². The number of hydrogen-bond donors (Lipinski definition) is 1. The summed E-state index contributed by atoms with van der Waals surface area (Å²) in [5.41, 5.74) is 0.543. The van der Waals surface area contributed by atoms with Gasteiger partial charge in [-0.1, -0.05) is 0 Å². The van der Waals surface area contributed by atoms with Gasteiger partial charge in [0.05, 0.1) is 5.69 Å². The predicted molar refractivity (Wildman–Crippen MR) is 52.5 cm³/mol. The molecule has 1 aliphatic rings. The highest BCUT2D eigenvalue weighted by Crippen LogP contribution is 2.24. The maximum Gasteiger partial charge on any atom is 0.425 e. The average Bonchev–Trinajstić information content (AvgIpc) is 2.95. The second-order valence-corrected chi connectivity index (χ2v) is 4.06. The number of rotatable bonds is 5. The van der Waals surface area contributed by atoms with Gasteiger partial charge < -0.3 is 14.5 Å². The van der Waals surface area contributed by atoms with Crippen molar-refractivity contribution in [3.63, 3.8) is 0 Å². The monoisotopic (exact) mass is 250 g/mol. The minimum Gasteiger partial charge on any atom is -0.437 e. The van der Waals surface area contributed by atoms with Gasteiger partial charge >= 0.3 is 12.3 Å². The minimum absolute atomic E-state index is 0.345. The zero-order valence-corrected chi connectivity index (χ0v) is 9.25. The Bertz CT molecular complexity index is 374. The lowest BCUT2D eigenvalue weighted by atomic mass is 10.4. The summed E-state index contributed by atoms with van der Waals surface area (Å²) >= 11 is 0. The zero-order chi connectivity index (χ0) is 12.5. The first kappa shape index (κ1) is 12.2. The lowest BCUT2D eigenvalue weighted by Crippen LogP contribution is -2.31. The van der Waals surface area contributed by atoms with Gasteiger partial charge in [0.1, 0.15) is 6.26 Å². The third-order valence-corrected chi connectivity index (χ3v) is 2.42. The molecule has 17 heavy (non-hydrogen) atoms. The second kappa shape index (κ2) is 4.56. The van der Waals surface area contributed by atoms with Gasteiger partial charge in [-0.15, -0.1) is 0 Å². The van der Waals surface area contributed by atoms with Gasteiger partial charge in [-0.05, 0) is 19.8 Å². The molecule has 0 bridgehead atoms. The van der Waals surface area contributed by atoms with Gasteiger partial charge in [0.2, 0.25) is 0 Å². The Balaban J connectivity index is 1.84. The largest absolute Gasteiger partial charge is 0.437 e. The topological polar surface area (TPSA) is 47.3 Å². The third kappa shape index (κ3) is 3.62. The Morgan fingerprint density at radius 1 is 1.59 bits per heavy atom. The number of oxazole rings is 1. The Labute approximate surface area is 96.2 Å². The molecule has 1 saturated carbocycles. The van der Waals surface area contributed by atoms with Crippen molar-refractivity contribution in [1.29, 1.82) is 0 Å². The van der Waals surface area contributed by atoms with E-state index in [9.17, 15) is 13.2 Å². The van der Waals surface area contributed by atoms with Crippen LogP contribution in [0, 0.1) is 0 Å². The van der Waals surface area contributed by atoms with Crippen LogP contribution in [0.25, 0.3) is 0 Å². The fraction of sp³-hybridized carbons (Fsp3) is 0.700. The molecule has 2 rings (SSSR count). The second-order valence-electron chi connectivity index (χ2n) is 4.06. The van der Waals surface area contributed by atoms with Gasteiger partial charge in [-0.2, -0.15) is 18.2 Å². The molecule has 1 atom stereocenters. The Morgan fingerprint density at radius 2 is 2.29 bits per heavy atom. The summed E-state index contributed by atoms with van der Waals surface area (Å²) in [6, 6.07) is 0.505. The van der Waals surface area contributed by atoms with E-state index >= 15 is 0 Å². The summed E-state index contributed by atoms with van der Waals surface area (Å²) < 4.78 is 46.0. The van der Waals surface area contributed by atoms with Gasteiger partial charge in [0.15, 0.2) is 6.10 Å². The highest BCUT2D eigenvalue weighted by Gasteiger charge is 2.39. The summed E-state index contributed by atoms with van der Waals surface area (Å²) in [4.78, 5) is 3.81. The molecule has 1 N–H and O–H groups in total. The van der Waals surface area contributed by atoms with E-state index in [0.717, 1.165) is 19.8 Å². The van der Waals surface area contributed by atoms with Crippen LogP contribution in [0.1, 0.15) is 25.5 Å². The molecule has 1 heterocycles. The molecule has 0 spiro atoms. The van der Waals surface area contributed by atoms with Crippen LogP contribution in [0.2, 0.25) is 0 Å². The van der Waals surface area contributed by atoms with Crippen molar-refractivity contribution in [2.45, 2.75) is 44.6 Å². The summed E-state index contributed by atoms with van der Waals surface area (Å²) in [5, 5.41) is 3.17. The molecule has 4 nitrogen and oxygen atoms in total. The first-order valence-corrected chi connectivity index (χ1v) is 5.36. The quantitative estimate of drug-likeness (QED) is 0.870. The number of halogens is 3. The highest BCUT2D eigenvalue weighted by atomic mass is 19.4. The van der Waals surface area contributed by atoms with Crippen LogP contribution >= 0.6 is 0 Å². The molecule has 0 amide bonds. The molecule has 96 valence electrons. The molecule has 1 unspecified atom stereocenters. The number of aromatic nitrogens is 1. The molecule has 0 saturated heterocycles. The molecule has 0 aliphatic heterocycles. The standard InChI is InChI=1S/C10H13F3N2O2/c1-6(10(11,12)13)17-9-15-8(5-16-9)4-14-7-2-3-7/h5-7,14H,2-4H2,1H3. The van der Waals surface area contributed by atoms with Crippen LogP contribution in [0.5, 0.6) is 6.08 Å². The lowest BCUT2D eigenvalue weighted by molar-refractivity contribution is -0.193. The van der Waals surface area contributed by atoms with E-state index in [2.05, 4.69) is 15.0 Å².